The van der Waals surface area contributed by atoms with Crippen molar-refractivity contribution in [2.75, 3.05) is 12.3 Å². The van der Waals surface area contributed by atoms with Crippen molar-refractivity contribution in [2.24, 2.45) is 5.41 Å². The molecule has 1 aliphatic carbocycles. The first-order valence-corrected chi connectivity index (χ1v) is 8.78. The second-order valence-electron chi connectivity index (χ2n) is 5.35. The number of hydrogen-bond acceptors (Lipinski definition) is 3. The lowest BCUT2D eigenvalue weighted by Crippen LogP contribution is -2.41. The number of hydrogen-bond donors (Lipinski definition) is 2. The van der Waals surface area contributed by atoms with Crippen LogP contribution in [0.5, 0.6) is 0 Å². The van der Waals surface area contributed by atoms with Crippen molar-refractivity contribution < 1.29 is 8.42 Å². The molecule has 0 unspecified atom stereocenters. The van der Waals surface area contributed by atoms with Gasteiger partial charge in [-0.05, 0) is 36.8 Å². The number of halogens is 2. The summed E-state index contributed by atoms with van der Waals surface area (Å²) in [6.45, 7) is 2.50. The highest BCUT2D eigenvalue weighted by Gasteiger charge is 2.36. The molecule has 1 saturated carbocycles. The Morgan fingerprint density at radius 1 is 1.30 bits per heavy atom. The smallest absolute Gasteiger partial charge is 0.243 e. The lowest BCUT2D eigenvalue weighted by molar-refractivity contribution is 0.133. The average Bonchev–Trinajstić information content (AvgIpc) is 2.25. The van der Waals surface area contributed by atoms with Crippen molar-refractivity contribution in [1.82, 2.24) is 4.72 Å². The Labute approximate surface area is 129 Å². The van der Waals surface area contributed by atoms with Gasteiger partial charge in [0.2, 0.25) is 10.0 Å². The number of benzene rings is 1. The lowest BCUT2D eigenvalue weighted by atomic mass is 9.67. The van der Waals surface area contributed by atoms with E-state index in [2.05, 4.69) is 11.6 Å². The van der Waals surface area contributed by atoms with Gasteiger partial charge in [-0.1, -0.05) is 36.5 Å². The van der Waals surface area contributed by atoms with Crippen LogP contribution in [0, 0.1) is 5.41 Å². The van der Waals surface area contributed by atoms with E-state index in [1.807, 2.05) is 0 Å². The normalized spacial score (nSPS) is 17.8. The molecule has 1 aliphatic rings. The van der Waals surface area contributed by atoms with E-state index in [0.29, 0.717) is 12.2 Å². The van der Waals surface area contributed by atoms with Gasteiger partial charge in [0.15, 0.2) is 0 Å². The Morgan fingerprint density at radius 3 is 2.25 bits per heavy atom. The minimum absolute atomic E-state index is 0.0432. The number of rotatable bonds is 5. The largest absolute Gasteiger partial charge is 0.399 e. The Kier molecular flexibility index (Phi) is 4.54. The predicted molar refractivity (Wildman–Crippen MR) is 82.6 cm³/mol. The van der Waals surface area contributed by atoms with Crippen LogP contribution >= 0.6 is 23.2 Å². The Bertz CT molecular complexity index is 584. The first-order valence-electron chi connectivity index (χ1n) is 6.54. The van der Waals surface area contributed by atoms with E-state index in [4.69, 9.17) is 28.9 Å². The molecule has 0 heterocycles. The van der Waals surface area contributed by atoms with Gasteiger partial charge < -0.3 is 5.73 Å². The number of sulfonamides is 1. The SMILES string of the molecule is CCC1(CNS(=O)(=O)c2c(Cl)cc(N)cc2Cl)CCC1. The van der Waals surface area contributed by atoms with Crippen LogP contribution in [0.3, 0.4) is 0 Å². The summed E-state index contributed by atoms with van der Waals surface area (Å²) in [5.74, 6) is 0. The van der Waals surface area contributed by atoms with Crippen molar-refractivity contribution in [3.63, 3.8) is 0 Å². The summed E-state index contributed by atoms with van der Waals surface area (Å²) in [4.78, 5) is -0.0967. The highest BCUT2D eigenvalue weighted by molar-refractivity contribution is 7.89. The third-order valence-corrected chi connectivity index (χ3v) is 6.41. The van der Waals surface area contributed by atoms with Gasteiger partial charge in [-0.3, -0.25) is 0 Å². The van der Waals surface area contributed by atoms with Crippen LogP contribution in [0.2, 0.25) is 10.0 Å². The molecule has 1 aromatic rings. The van der Waals surface area contributed by atoms with E-state index in [0.717, 1.165) is 25.7 Å². The first-order chi connectivity index (χ1) is 9.30. The van der Waals surface area contributed by atoms with Crippen molar-refractivity contribution in [3.05, 3.63) is 22.2 Å². The molecule has 2 rings (SSSR count). The number of anilines is 1. The summed E-state index contributed by atoms with van der Waals surface area (Å²) < 4.78 is 27.4. The molecular weight excluding hydrogens is 319 g/mol. The van der Waals surface area contributed by atoms with Gasteiger partial charge in [0, 0.05) is 12.2 Å². The van der Waals surface area contributed by atoms with Crippen LogP contribution in [0.4, 0.5) is 5.69 Å². The van der Waals surface area contributed by atoms with Gasteiger partial charge in [-0.2, -0.15) is 0 Å². The van der Waals surface area contributed by atoms with E-state index < -0.39 is 10.0 Å². The fourth-order valence-electron chi connectivity index (χ4n) is 2.49. The molecule has 0 aromatic heterocycles. The summed E-state index contributed by atoms with van der Waals surface area (Å²) in [5, 5.41) is 0.0864. The van der Waals surface area contributed by atoms with Crippen molar-refractivity contribution in [3.8, 4) is 0 Å². The monoisotopic (exact) mass is 336 g/mol. The molecule has 0 bridgehead atoms. The quantitative estimate of drug-likeness (QED) is 0.809. The van der Waals surface area contributed by atoms with Gasteiger partial charge in [0.1, 0.15) is 4.90 Å². The van der Waals surface area contributed by atoms with Gasteiger partial charge in [0.05, 0.1) is 10.0 Å². The maximum atomic E-state index is 12.4. The molecule has 4 nitrogen and oxygen atoms in total. The van der Waals surface area contributed by atoms with E-state index >= 15 is 0 Å². The molecule has 0 aliphatic heterocycles. The topological polar surface area (TPSA) is 72.2 Å². The molecule has 20 heavy (non-hydrogen) atoms. The zero-order chi connectivity index (χ0) is 15.0. The first kappa shape index (κ1) is 15.9. The zero-order valence-electron chi connectivity index (χ0n) is 11.2. The fourth-order valence-corrected chi connectivity index (χ4v) is 4.87. The standard InChI is InChI=1S/C13H18Cl2N2O2S/c1-2-13(4-3-5-13)8-17-20(18,19)12-10(14)6-9(16)7-11(12)15/h6-7,17H,2-5,8,16H2,1H3. The van der Waals surface area contributed by atoms with Crippen LogP contribution in [0.1, 0.15) is 32.6 Å². The molecule has 1 aromatic carbocycles. The molecule has 0 radical (unpaired) electrons. The van der Waals surface area contributed by atoms with Gasteiger partial charge >= 0.3 is 0 Å². The van der Waals surface area contributed by atoms with Crippen molar-refractivity contribution in [1.29, 1.82) is 0 Å². The summed E-state index contributed by atoms with van der Waals surface area (Å²) in [6.07, 6.45) is 4.21. The summed E-state index contributed by atoms with van der Waals surface area (Å²) >= 11 is 11.9. The summed E-state index contributed by atoms with van der Waals surface area (Å²) in [5.41, 5.74) is 6.00. The molecule has 0 saturated heterocycles. The number of nitrogens with one attached hydrogen (secondary N) is 1. The second kappa shape index (κ2) is 5.72. The molecule has 3 N–H and O–H groups in total. The molecule has 0 spiro atoms. The van der Waals surface area contributed by atoms with Gasteiger partial charge in [-0.25, -0.2) is 13.1 Å². The fraction of sp³-hybridized carbons (Fsp3) is 0.538. The number of nitrogen functional groups attached to an aromatic ring is 1. The Balaban J connectivity index is 2.23. The minimum Gasteiger partial charge on any atom is -0.399 e. The second-order valence-corrected chi connectivity index (χ2v) is 7.86. The average molecular weight is 337 g/mol. The summed E-state index contributed by atoms with van der Waals surface area (Å²) in [6, 6.07) is 2.78. The molecule has 7 heteroatoms. The van der Waals surface area contributed by atoms with E-state index in [1.165, 1.54) is 12.1 Å². The molecule has 112 valence electrons. The molecule has 1 fully saturated rings. The van der Waals surface area contributed by atoms with Crippen LogP contribution in [-0.4, -0.2) is 15.0 Å². The minimum atomic E-state index is -3.73. The third kappa shape index (κ3) is 3.06. The van der Waals surface area contributed by atoms with Crippen LogP contribution in [0.25, 0.3) is 0 Å². The van der Waals surface area contributed by atoms with Crippen LogP contribution < -0.4 is 10.5 Å². The van der Waals surface area contributed by atoms with Crippen LogP contribution in [-0.2, 0) is 10.0 Å². The Hall–Kier alpha value is -0.490. The zero-order valence-corrected chi connectivity index (χ0v) is 13.6. The maximum absolute atomic E-state index is 12.4. The molecule has 0 atom stereocenters. The van der Waals surface area contributed by atoms with Gasteiger partial charge in [-0.15, -0.1) is 0 Å². The molecular formula is C13H18Cl2N2O2S. The van der Waals surface area contributed by atoms with Gasteiger partial charge in [0.25, 0.3) is 0 Å². The third-order valence-electron chi connectivity index (χ3n) is 4.09. The lowest BCUT2D eigenvalue weighted by Gasteiger charge is -2.41. The van der Waals surface area contributed by atoms with E-state index in [9.17, 15) is 8.42 Å². The molecule has 0 amide bonds. The van der Waals surface area contributed by atoms with E-state index in [-0.39, 0.29) is 20.4 Å². The highest BCUT2D eigenvalue weighted by Crippen LogP contribution is 2.43. The predicted octanol–water partition coefficient (Wildman–Crippen LogP) is 3.43. The van der Waals surface area contributed by atoms with Crippen LogP contribution in [0.15, 0.2) is 17.0 Å². The highest BCUT2D eigenvalue weighted by atomic mass is 35.5. The van der Waals surface area contributed by atoms with Crippen molar-refractivity contribution >= 4 is 38.9 Å². The Morgan fingerprint density at radius 2 is 1.85 bits per heavy atom. The summed E-state index contributed by atoms with van der Waals surface area (Å²) in [7, 11) is -3.73. The van der Waals surface area contributed by atoms with Crippen molar-refractivity contribution in [2.45, 2.75) is 37.5 Å². The van der Waals surface area contributed by atoms with E-state index in [1.54, 1.807) is 0 Å². The maximum Gasteiger partial charge on any atom is 0.243 e. The number of nitrogens with two attached hydrogens (primary N) is 1.